The Hall–Kier alpha value is -0.340. The van der Waals surface area contributed by atoms with E-state index in [1.54, 1.807) is 0 Å². The average Bonchev–Trinajstić information content (AvgIpc) is 2.56. The molecule has 13 heavy (non-hydrogen) atoms. The van der Waals surface area contributed by atoms with E-state index in [2.05, 4.69) is 17.5 Å². The summed E-state index contributed by atoms with van der Waals surface area (Å²) in [7, 11) is 0. The third-order valence-electron chi connectivity index (χ3n) is 2.98. The molecular weight excluding hydrogens is 178 g/mol. The van der Waals surface area contributed by atoms with Gasteiger partial charge in [-0.25, -0.2) is 0 Å². The molecule has 0 amide bonds. The van der Waals surface area contributed by atoms with Crippen molar-refractivity contribution in [3.8, 4) is 0 Å². The Kier molecular flexibility index (Phi) is 3.01. The Labute approximate surface area is 84.0 Å². The standard InChI is InChI=1S/C11H17NS/c12-10-6-3-1-2-5-9(10)11-7-4-8-13-11/h4,7-10H,1-3,5-6,12H2. The minimum atomic E-state index is 0.404. The van der Waals surface area contributed by atoms with Crippen LogP contribution in [-0.2, 0) is 0 Å². The highest BCUT2D eigenvalue weighted by Crippen LogP contribution is 2.33. The first kappa shape index (κ1) is 9.22. The molecule has 1 aliphatic rings. The topological polar surface area (TPSA) is 26.0 Å². The summed E-state index contributed by atoms with van der Waals surface area (Å²) in [6, 6.07) is 4.78. The van der Waals surface area contributed by atoms with Crippen LogP contribution < -0.4 is 5.73 Å². The monoisotopic (exact) mass is 195 g/mol. The molecule has 2 atom stereocenters. The summed E-state index contributed by atoms with van der Waals surface area (Å²) in [5.41, 5.74) is 6.18. The van der Waals surface area contributed by atoms with E-state index in [-0.39, 0.29) is 0 Å². The summed E-state index contributed by atoms with van der Waals surface area (Å²) in [5, 5.41) is 2.16. The Balaban J connectivity index is 2.11. The molecular formula is C11H17NS. The van der Waals surface area contributed by atoms with E-state index in [9.17, 15) is 0 Å². The predicted molar refractivity (Wildman–Crippen MR) is 58.1 cm³/mol. The molecule has 2 rings (SSSR count). The van der Waals surface area contributed by atoms with Crippen molar-refractivity contribution in [1.82, 2.24) is 0 Å². The molecule has 1 fully saturated rings. The van der Waals surface area contributed by atoms with Crippen molar-refractivity contribution < 1.29 is 0 Å². The molecule has 0 bridgehead atoms. The van der Waals surface area contributed by atoms with E-state index < -0.39 is 0 Å². The van der Waals surface area contributed by atoms with Gasteiger partial charge in [0.15, 0.2) is 0 Å². The van der Waals surface area contributed by atoms with Crippen LogP contribution in [0.1, 0.15) is 42.9 Å². The molecule has 2 N–H and O–H groups in total. The van der Waals surface area contributed by atoms with Crippen LogP contribution in [0.15, 0.2) is 17.5 Å². The number of hydrogen-bond donors (Lipinski definition) is 1. The predicted octanol–water partition coefficient (Wildman–Crippen LogP) is 3.12. The van der Waals surface area contributed by atoms with Crippen molar-refractivity contribution in [2.75, 3.05) is 0 Å². The van der Waals surface area contributed by atoms with Crippen LogP contribution in [0.2, 0.25) is 0 Å². The lowest BCUT2D eigenvalue weighted by Crippen LogP contribution is -2.26. The molecule has 0 saturated heterocycles. The zero-order valence-electron chi connectivity index (χ0n) is 7.91. The summed E-state index contributed by atoms with van der Waals surface area (Å²) in [5.74, 6) is 0.641. The van der Waals surface area contributed by atoms with E-state index in [0.717, 1.165) is 0 Å². The van der Waals surface area contributed by atoms with Crippen molar-refractivity contribution in [2.45, 2.75) is 44.1 Å². The van der Waals surface area contributed by atoms with Gasteiger partial charge in [0, 0.05) is 16.8 Å². The van der Waals surface area contributed by atoms with E-state index in [4.69, 9.17) is 5.73 Å². The van der Waals surface area contributed by atoms with Gasteiger partial charge in [0.05, 0.1) is 0 Å². The quantitative estimate of drug-likeness (QED) is 0.685. The molecule has 1 aromatic heterocycles. The van der Waals surface area contributed by atoms with Crippen LogP contribution in [0.3, 0.4) is 0 Å². The third kappa shape index (κ3) is 2.12. The highest BCUT2D eigenvalue weighted by molar-refractivity contribution is 7.10. The highest BCUT2D eigenvalue weighted by Gasteiger charge is 2.22. The first-order chi connectivity index (χ1) is 6.38. The van der Waals surface area contributed by atoms with Gasteiger partial charge >= 0.3 is 0 Å². The summed E-state index contributed by atoms with van der Waals surface area (Å²) in [4.78, 5) is 1.49. The Morgan fingerprint density at radius 3 is 2.85 bits per heavy atom. The van der Waals surface area contributed by atoms with Gasteiger partial charge in [-0.05, 0) is 24.3 Å². The van der Waals surface area contributed by atoms with Crippen LogP contribution in [0.5, 0.6) is 0 Å². The Morgan fingerprint density at radius 1 is 1.23 bits per heavy atom. The Morgan fingerprint density at radius 2 is 2.08 bits per heavy atom. The second kappa shape index (κ2) is 4.25. The van der Waals surface area contributed by atoms with Crippen molar-refractivity contribution >= 4 is 11.3 Å². The first-order valence-electron chi connectivity index (χ1n) is 5.17. The number of nitrogens with two attached hydrogens (primary N) is 1. The number of thiophene rings is 1. The molecule has 2 heteroatoms. The fourth-order valence-electron chi connectivity index (χ4n) is 2.19. The van der Waals surface area contributed by atoms with Crippen molar-refractivity contribution in [3.63, 3.8) is 0 Å². The maximum atomic E-state index is 6.18. The van der Waals surface area contributed by atoms with Gasteiger partial charge in [-0.1, -0.05) is 25.3 Å². The van der Waals surface area contributed by atoms with Crippen LogP contribution >= 0.6 is 11.3 Å². The minimum absolute atomic E-state index is 0.404. The van der Waals surface area contributed by atoms with E-state index in [1.807, 2.05) is 11.3 Å². The molecule has 72 valence electrons. The number of hydrogen-bond acceptors (Lipinski definition) is 2. The van der Waals surface area contributed by atoms with Crippen LogP contribution in [0.25, 0.3) is 0 Å². The zero-order chi connectivity index (χ0) is 9.10. The Bertz CT molecular complexity index is 243. The zero-order valence-corrected chi connectivity index (χ0v) is 8.72. The van der Waals surface area contributed by atoms with E-state index in [1.165, 1.54) is 37.0 Å². The van der Waals surface area contributed by atoms with Gasteiger partial charge in [-0.3, -0.25) is 0 Å². The summed E-state index contributed by atoms with van der Waals surface area (Å²) in [6.45, 7) is 0. The summed E-state index contributed by atoms with van der Waals surface area (Å²) < 4.78 is 0. The molecule has 1 nitrogen and oxygen atoms in total. The molecule has 2 unspecified atom stereocenters. The van der Waals surface area contributed by atoms with Crippen LogP contribution in [0.4, 0.5) is 0 Å². The van der Waals surface area contributed by atoms with Gasteiger partial charge in [-0.2, -0.15) is 0 Å². The lowest BCUT2D eigenvalue weighted by atomic mass is 9.94. The van der Waals surface area contributed by atoms with E-state index >= 15 is 0 Å². The summed E-state index contributed by atoms with van der Waals surface area (Å²) >= 11 is 1.86. The summed E-state index contributed by atoms with van der Waals surface area (Å²) in [6.07, 6.45) is 6.55. The molecule has 0 aliphatic heterocycles. The fraction of sp³-hybridized carbons (Fsp3) is 0.636. The molecule has 0 radical (unpaired) electrons. The first-order valence-corrected chi connectivity index (χ1v) is 6.05. The molecule has 1 heterocycles. The molecule has 0 aromatic carbocycles. The molecule has 1 saturated carbocycles. The lowest BCUT2D eigenvalue weighted by Gasteiger charge is -2.19. The SMILES string of the molecule is NC1CCCCCC1c1cccs1. The average molecular weight is 195 g/mol. The van der Waals surface area contributed by atoms with Crippen molar-refractivity contribution in [2.24, 2.45) is 5.73 Å². The van der Waals surface area contributed by atoms with Gasteiger partial charge in [0.1, 0.15) is 0 Å². The van der Waals surface area contributed by atoms with Crippen LogP contribution in [-0.4, -0.2) is 6.04 Å². The maximum absolute atomic E-state index is 6.18. The lowest BCUT2D eigenvalue weighted by molar-refractivity contribution is 0.511. The highest BCUT2D eigenvalue weighted by atomic mass is 32.1. The largest absolute Gasteiger partial charge is 0.327 e. The maximum Gasteiger partial charge on any atom is 0.0116 e. The van der Waals surface area contributed by atoms with Gasteiger partial charge in [0.25, 0.3) is 0 Å². The molecule has 1 aromatic rings. The van der Waals surface area contributed by atoms with Crippen LogP contribution in [0, 0.1) is 0 Å². The number of rotatable bonds is 1. The normalized spacial score (nSPS) is 29.9. The van der Waals surface area contributed by atoms with Gasteiger partial charge < -0.3 is 5.73 Å². The fourth-order valence-corrected chi connectivity index (χ4v) is 3.13. The minimum Gasteiger partial charge on any atom is -0.327 e. The second-order valence-electron chi connectivity index (χ2n) is 3.92. The smallest absolute Gasteiger partial charge is 0.0116 e. The van der Waals surface area contributed by atoms with E-state index in [0.29, 0.717) is 12.0 Å². The molecule has 0 spiro atoms. The second-order valence-corrected chi connectivity index (χ2v) is 4.90. The van der Waals surface area contributed by atoms with Gasteiger partial charge in [-0.15, -0.1) is 11.3 Å². The van der Waals surface area contributed by atoms with Crippen molar-refractivity contribution in [1.29, 1.82) is 0 Å². The van der Waals surface area contributed by atoms with Crippen molar-refractivity contribution in [3.05, 3.63) is 22.4 Å². The molecule has 1 aliphatic carbocycles. The third-order valence-corrected chi connectivity index (χ3v) is 3.98. The van der Waals surface area contributed by atoms with Gasteiger partial charge in [0.2, 0.25) is 0 Å².